The summed E-state index contributed by atoms with van der Waals surface area (Å²) < 4.78 is 19.3. The first kappa shape index (κ1) is 19.2. The van der Waals surface area contributed by atoms with Gasteiger partial charge >= 0.3 is 0 Å². The molecule has 0 N–H and O–H groups in total. The lowest BCUT2D eigenvalue weighted by molar-refractivity contribution is -0.120. The highest BCUT2D eigenvalue weighted by Gasteiger charge is 2.43. The topological polar surface area (TPSA) is 49.9 Å². The van der Waals surface area contributed by atoms with Gasteiger partial charge in [0.05, 0.1) is 17.4 Å². The molecule has 0 aliphatic carbocycles. The highest BCUT2D eigenvalue weighted by atomic mass is 19.1. The van der Waals surface area contributed by atoms with Crippen molar-refractivity contribution in [2.24, 2.45) is 0 Å². The summed E-state index contributed by atoms with van der Waals surface area (Å²) in [6.07, 6.45) is 1.83. The molecule has 0 bridgehead atoms. The molecule has 0 atom stereocenters. The van der Waals surface area contributed by atoms with E-state index in [4.69, 9.17) is 4.74 Å². The number of hydrogen-bond donors (Lipinski definition) is 0. The number of carbonyl (C=O) groups excluding carboxylic acids is 2. The maximum absolute atomic E-state index is 13.5. The molecule has 2 amide bonds. The van der Waals surface area contributed by atoms with Crippen LogP contribution in [0.2, 0.25) is 0 Å². The van der Waals surface area contributed by atoms with Crippen LogP contribution in [0.15, 0.2) is 54.2 Å². The van der Waals surface area contributed by atoms with Crippen molar-refractivity contribution in [2.75, 3.05) is 18.0 Å². The van der Waals surface area contributed by atoms with Crippen LogP contribution in [-0.4, -0.2) is 35.9 Å². The minimum atomic E-state index is -0.414. The second-order valence-corrected chi connectivity index (χ2v) is 7.50. The molecule has 150 valence electrons. The SMILES string of the molecule is CC(C)Oc1ccccc1N1C(=O)C(c2ccc(F)cc2)=C(N2CCCC2)C1=O. The van der Waals surface area contributed by atoms with E-state index < -0.39 is 5.91 Å². The number of imide groups is 1. The zero-order chi connectivity index (χ0) is 20.5. The van der Waals surface area contributed by atoms with E-state index in [0.29, 0.717) is 28.3 Å². The second-order valence-electron chi connectivity index (χ2n) is 7.50. The molecular formula is C23H23FN2O3. The fraction of sp³-hybridized carbons (Fsp3) is 0.304. The Morgan fingerprint density at radius 1 is 0.931 bits per heavy atom. The average molecular weight is 394 g/mol. The van der Waals surface area contributed by atoms with Crippen molar-refractivity contribution in [2.45, 2.75) is 32.8 Å². The van der Waals surface area contributed by atoms with Gasteiger partial charge in [0.1, 0.15) is 17.3 Å². The van der Waals surface area contributed by atoms with Gasteiger partial charge in [-0.3, -0.25) is 9.59 Å². The lowest BCUT2D eigenvalue weighted by atomic mass is 10.0. The monoisotopic (exact) mass is 394 g/mol. The van der Waals surface area contributed by atoms with E-state index >= 15 is 0 Å². The van der Waals surface area contributed by atoms with Crippen molar-refractivity contribution >= 4 is 23.1 Å². The van der Waals surface area contributed by atoms with Crippen LogP contribution in [-0.2, 0) is 9.59 Å². The summed E-state index contributed by atoms with van der Waals surface area (Å²) in [5.41, 5.74) is 1.66. The Hall–Kier alpha value is -3.15. The van der Waals surface area contributed by atoms with Crippen molar-refractivity contribution in [1.29, 1.82) is 0 Å². The Balaban J connectivity index is 1.82. The van der Waals surface area contributed by atoms with Crippen LogP contribution in [0.3, 0.4) is 0 Å². The molecular weight excluding hydrogens is 371 g/mol. The average Bonchev–Trinajstić information content (AvgIpc) is 3.29. The van der Waals surface area contributed by atoms with Crippen LogP contribution in [0.5, 0.6) is 5.75 Å². The lowest BCUT2D eigenvalue weighted by Gasteiger charge is -2.22. The summed E-state index contributed by atoms with van der Waals surface area (Å²) in [6, 6.07) is 12.7. The van der Waals surface area contributed by atoms with E-state index in [0.717, 1.165) is 25.9 Å². The fourth-order valence-corrected chi connectivity index (χ4v) is 3.84. The highest BCUT2D eigenvalue weighted by Crippen LogP contribution is 2.39. The van der Waals surface area contributed by atoms with E-state index in [1.807, 2.05) is 24.8 Å². The smallest absolute Gasteiger partial charge is 0.282 e. The molecule has 29 heavy (non-hydrogen) atoms. The number of halogens is 1. The Kier molecular flexibility index (Phi) is 5.09. The van der Waals surface area contributed by atoms with E-state index in [2.05, 4.69) is 0 Å². The maximum Gasteiger partial charge on any atom is 0.282 e. The first-order valence-electron chi connectivity index (χ1n) is 9.87. The van der Waals surface area contributed by atoms with Gasteiger partial charge in [-0.25, -0.2) is 9.29 Å². The summed E-state index contributed by atoms with van der Waals surface area (Å²) in [5, 5.41) is 0. The van der Waals surface area contributed by atoms with Gasteiger partial charge in [0, 0.05) is 13.1 Å². The third-order valence-electron chi connectivity index (χ3n) is 5.08. The molecule has 2 aliphatic heterocycles. The van der Waals surface area contributed by atoms with Crippen LogP contribution < -0.4 is 9.64 Å². The normalized spacial score (nSPS) is 17.1. The summed E-state index contributed by atoms with van der Waals surface area (Å²) in [6.45, 7) is 5.22. The third kappa shape index (κ3) is 3.50. The van der Waals surface area contributed by atoms with E-state index in [1.54, 1.807) is 30.3 Å². The van der Waals surface area contributed by atoms with E-state index in [-0.39, 0.29) is 17.8 Å². The van der Waals surface area contributed by atoms with Crippen molar-refractivity contribution in [3.8, 4) is 5.75 Å². The molecule has 5 nitrogen and oxygen atoms in total. The van der Waals surface area contributed by atoms with Gasteiger partial charge in [0.2, 0.25) is 0 Å². The predicted molar refractivity (Wildman–Crippen MR) is 109 cm³/mol. The van der Waals surface area contributed by atoms with Crippen LogP contribution >= 0.6 is 0 Å². The first-order valence-corrected chi connectivity index (χ1v) is 9.87. The van der Waals surface area contributed by atoms with Crippen LogP contribution in [0.1, 0.15) is 32.3 Å². The molecule has 2 aromatic rings. The number of carbonyl (C=O) groups is 2. The molecule has 2 aliphatic rings. The molecule has 1 fully saturated rings. The summed E-state index contributed by atoms with van der Waals surface area (Å²) in [4.78, 5) is 30.1. The second kappa shape index (κ2) is 7.70. The number of amides is 2. The van der Waals surface area contributed by atoms with Crippen molar-refractivity contribution < 1.29 is 18.7 Å². The Labute approximate surface area is 169 Å². The van der Waals surface area contributed by atoms with Gasteiger partial charge < -0.3 is 9.64 Å². The van der Waals surface area contributed by atoms with Crippen molar-refractivity contribution in [1.82, 2.24) is 4.90 Å². The zero-order valence-electron chi connectivity index (χ0n) is 16.5. The summed E-state index contributed by atoms with van der Waals surface area (Å²) >= 11 is 0. The number of para-hydroxylation sites is 2. The number of rotatable bonds is 5. The van der Waals surface area contributed by atoms with Crippen molar-refractivity contribution in [3.63, 3.8) is 0 Å². The van der Waals surface area contributed by atoms with Crippen LogP contribution in [0, 0.1) is 5.82 Å². The van der Waals surface area contributed by atoms with Crippen LogP contribution in [0.4, 0.5) is 10.1 Å². The minimum Gasteiger partial charge on any atom is -0.489 e. The standard InChI is InChI=1S/C23H23FN2O3/c1-15(2)29-19-8-4-3-7-18(19)26-22(27)20(16-9-11-17(24)12-10-16)21(23(26)28)25-13-5-6-14-25/h3-4,7-12,15H,5-6,13-14H2,1-2H3. The Morgan fingerprint density at radius 2 is 1.59 bits per heavy atom. The third-order valence-corrected chi connectivity index (χ3v) is 5.08. The number of ether oxygens (including phenoxy) is 1. The minimum absolute atomic E-state index is 0.105. The largest absolute Gasteiger partial charge is 0.489 e. The molecule has 0 aromatic heterocycles. The summed E-state index contributed by atoms with van der Waals surface area (Å²) in [7, 11) is 0. The van der Waals surface area contributed by atoms with Gasteiger partial charge in [-0.2, -0.15) is 0 Å². The van der Waals surface area contributed by atoms with Gasteiger partial charge in [-0.1, -0.05) is 24.3 Å². The van der Waals surface area contributed by atoms with Crippen molar-refractivity contribution in [3.05, 3.63) is 65.6 Å². The number of benzene rings is 2. The molecule has 2 aromatic carbocycles. The molecule has 6 heteroatoms. The number of anilines is 1. The fourth-order valence-electron chi connectivity index (χ4n) is 3.84. The Bertz CT molecular complexity index is 976. The van der Waals surface area contributed by atoms with Crippen LogP contribution in [0.25, 0.3) is 5.57 Å². The molecule has 0 radical (unpaired) electrons. The predicted octanol–water partition coefficient (Wildman–Crippen LogP) is 3.99. The maximum atomic E-state index is 13.5. The van der Waals surface area contributed by atoms with Gasteiger partial charge in [-0.05, 0) is 56.5 Å². The van der Waals surface area contributed by atoms with Gasteiger partial charge in [-0.15, -0.1) is 0 Å². The molecule has 0 spiro atoms. The number of nitrogens with zero attached hydrogens (tertiary/aromatic N) is 2. The first-order chi connectivity index (χ1) is 14.0. The molecule has 0 saturated carbocycles. The Morgan fingerprint density at radius 3 is 2.24 bits per heavy atom. The van der Waals surface area contributed by atoms with E-state index in [1.165, 1.54) is 17.0 Å². The quantitative estimate of drug-likeness (QED) is 0.720. The molecule has 1 saturated heterocycles. The summed E-state index contributed by atoms with van der Waals surface area (Å²) in [5.74, 6) is -0.689. The molecule has 4 rings (SSSR count). The van der Waals surface area contributed by atoms with Gasteiger partial charge in [0.15, 0.2) is 0 Å². The lowest BCUT2D eigenvalue weighted by Crippen LogP contribution is -2.35. The number of likely N-dealkylation sites (tertiary alicyclic amines) is 1. The molecule has 0 unspecified atom stereocenters. The molecule has 2 heterocycles. The van der Waals surface area contributed by atoms with E-state index in [9.17, 15) is 14.0 Å². The zero-order valence-corrected chi connectivity index (χ0v) is 16.5. The van der Waals surface area contributed by atoms with Gasteiger partial charge in [0.25, 0.3) is 11.8 Å². The number of hydrogen-bond acceptors (Lipinski definition) is 4. The highest BCUT2D eigenvalue weighted by molar-refractivity contribution is 6.45.